The van der Waals surface area contributed by atoms with Crippen LogP contribution >= 0.6 is 11.6 Å². The van der Waals surface area contributed by atoms with Crippen molar-refractivity contribution in [1.29, 1.82) is 0 Å². The molecule has 0 unspecified atom stereocenters. The van der Waals surface area contributed by atoms with Gasteiger partial charge in [-0.1, -0.05) is 23.7 Å². The lowest BCUT2D eigenvalue weighted by Gasteiger charge is -2.13. The van der Waals surface area contributed by atoms with Crippen molar-refractivity contribution in [3.63, 3.8) is 0 Å². The number of aromatic nitrogens is 4. The molecule has 0 saturated carbocycles. The quantitative estimate of drug-likeness (QED) is 0.256. The number of methoxy groups -OCH3 is 1. The highest BCUT2D eigenvalue weighted by Crippen LogP contribution is 2.33. The van der Waals surface area contributed by atoms with Gasteiger partial charge >= 0.3 is 0 Å². The summed E-state index contributed by atoms with van der Waals surface area (Å²) in [6.45, 7) is 0. The first-order valence-electron chi connectivity index (χ1n) is 8.28. The van der Waals surface area contributed by atoms with Crippen LogP contribution in [0.5, 0.6) is 11.5 Å². The number of nitrogens with zero attached hydrogens (tertiary/aromatic N) is 5. The largest absolute Gasteiger partial charge is 0.504 e. The molecule has 4 N–H and O–H groups in total. The second-order valence-corrected chi connectivity index (χ2v) is 6.24. The Bertz CT molecular complexity index is 1230. The molecule has 0 saturated heterocycles. The molecule has 146 valence electrons. The van der Waals surface area contributed by atoms with Gasteiger partial charge in [-0.3, -0.25) is 0 Å². The maximum absolute atomic E-state index is 10.5. The summed E-state index contributed by atoms with van der Waals surface area (Å²) in [5.41, 5.74) is 1.66. The van der Waals surface area contributed by atoms with E-state index in [1.165, 1.54) is 7.11 Å². The lowest BCUT2D eigenvalue weighted by atomic mass is 10.0. The van der Waals surface area contributed by atoms with Crippen LogP contribution in [0.3, 0.4) is 0 Å². The number of fused-ring (bicyclic) bond motifs is 1. The van der Waals surface area contributed by atoms with Gasteiger partial charge < -0.3 is 21.0 Å². The third kappa shape index (κ3) is 3.48. The number of rotatable bonds is 5. The molecule has 0 aliphatic heterocycles. The van der Waals surface area contributed by atoms with Crippen LogP contribution in [0.4, 0.5) is 11.5 Å². The van der Waals surface area contributed by atoms with Crippen LogP contribution in [0.2, 0.25) is 5.02 Å². The molecule has 2 heterocycles. The van der Waals surface area contributed by atoms with Crippen LogP contribution in [0.25, 0.3) is 11.3 Å². The van der Waals surface area contributed by atoms with E-state index in [2.05, 4.69) is 30.7 Å². The van der Waals surface area contributed by atoms with E-state index in [-0.39, 0.29) is 40.0 Å². The zero-order chi connectivity index (χ0) is 20.4. The molecule has 4 rings (SSSR count). The molecule has 0 fully saturated rings. The topological polar surface area (TPSA) is 145 Å². The Morgan fingerprint density at radius 3 is 2.66 bits per heavy atom. The minimum atomic E-state index is -0.145. The Balaban J connectivity index is 1.89. The number of para-hydroxylation sites is 1. The van der Waals surface area contributed by atoms with Crippen LogP contribution in [0.15, 0.2) is 52.2 Å². The number of ether oxygens (including phenoxy) is 1. The maximum Gasteiger partial charge on any atom is 0.245 e. The van der Waals surface area contributed by atoms with Gasteiger partial charge in [-0.25, -0.2) is 14.6 Å². The number of phenolic OH excluding ortho intramolecular Hbond substituents is 1. The first kappa shape index (κ1) is 18.4. The summed E-state index contributed by atoms with van der Waals surface area (Å²) in [5.74, 6) is 6.04. The van der Waals surface area contributed by atoms with Gasteiger partial charge in [-0.05, 0) is 40.6 Å². The van der Waals surface area contributed by atoms with Crippen LogP contribution in [-0.2, 0) is 0 Å². The lowest BCUT2D eigenvalue weighted by Crippen LogP contribution is -2.14. The van der Waals surface area contributed by atoms with Crippen molar-refractivity contribution in [3.05, 3.63) is 58.7 Å². The maximum atomic E-state index is 10.5. The number of aromatic hydroxyl groups is 1. The van der Waals surface area contributed by atoms with Crippen molar-refractivity contribution < 1.29 is 14.5 Å². The predicted molar refractivity (Wildman–Crippen MR) is 107 cm³/mol. The molecule has 0 aliphatic rings. The fourth-order valence-corrected chi connectivity index (χ4v) is 2.92. The van der Waals surface area contributed by atoms with E-state index in [9.17, 15) is 5.11 Å². The summed E-state index contributed by atoms with van der Waals surface area (Å²) in [6.07, 6.45) is 0. The summed E-state index contributed by atoms with van der Waals surface area (Å²) < 4.78 is 9.87. The Labute approximate surface area is 168 Å². The van der Waals surface area contributed by atoms with Crippen molar-refractivity contribution >= 4 is 40.1 Å². The third-order valence-corrected chi connectivity index (χ3v) is 4.26. The molecule has 2 aromatic heterocycles. The van der Waals surface area contributed by atoms with E-state index in [0.29, 0.717) is 16.3 Å². The molecule has 29 heavy (non-hydrogen) atoms. The van der Waals surface area contributed by atoms with E-state index in [1.54, 1.807) is 42.5 Å². The molecule has 0 aliphatic carbocycles. The number of nitrogens with two attached hydrogens (primary N) is 1. The van der Waals surface area contributed by atoms with Crippen LogP contribution in [0, 0.1) is 0 Å². The summed E-state index contributed by atoms with van der Waals surface area (Å²) in [4.78, 5) is 8.80. The standard InChI is InChI=1S/C18H14ClN7O3/c1-28-12-7-3-6-11(15(12)27)13(24-20)14-16(21-10-5-2-4-9(19)8-10)23-18-17(22-14)25-29-26-18/h2-8,27H,20H2,1H3,(H,21,23,26). The predicted octanol–water partition coefficient (Wildman–Crippen LogP) is 2.84. The molecular formula is C18H14ClN7O3. The van der Waals surface area contributed by atoms with E-state index in [0.717, 1.165) is 0 Å². The molecule has 0 atom stereocenters. The van der Waals surface area contributed by atoms with Crippen LogP contribution in [0.1, 0.15) is 11.3 Å². The van der Waals surface area contributed by atoms with E-state index >= 15 is 0 Å². The molecule has 0 amide bonds. The number of hydrogen-bond acceptors (Lipinski definition) is 10. The summed E-state index contributed by atoms with van der Waals surface area (Å²) in [5, 5.41) is 25.5. The average Bonchev–Trinajstić information content (AvgIpc) is 3.17. The van der Waals surface area contributed by atoms with Crippen LogP contribution < -0.4 is 15.9 Å². The van der Waals surface area contributed by atoms with Crippen molar-refractivity contribution in [1.82, 2.24) is 20.3 Å². The van der Waals surface area contributed by atoms with Gasteiger partial charge in [0.15, 0.2) is 17.3 Å². The van der Waals surface area contributed by atoms with Crippen molar-refractivity contribution in [3.8, 4) is 11.5 Å². The number of hydrazone groups is 1. The molecule has 0 spiro atoms. The molecule has 4 aromatic rings. The number of anilines is 2. The fourth-order valence-electron chi connectivity index (χ4n) is 2.73. The second-order valence-electron chi connectivity index (χ2n) is 5.80. The normalized spacial score (nSPS) is 11.6. The summed E-state index contributed by atoms with van der Waals surface area (Å²) in [6, 6.07) is 11.9. The van der Waals surface area contributed by atoms with Crippen molar-refractivity contribution in [2.75, 3.05) is 12.4 Å². The fraction of sp³-hybridized carbons (Fsp3) is 0.0556. The van der Waals surface area contributed by atoms with E-state index in [4.69, 9.17) is 26.8 Å². The van der Waals surface area contributed by atoms with Gasteiger partial charge in [0, 0.05) is 10.7 Å². The van der Waals surface area contributed by atoms with Crippen LogP contribution in [-0.4, -0.2) is 38.2 Å². The number of phenols is 1. The molecule has 0 bridgehead atoms. The summed E-state index contributed by atoms with van der Waals surface area (Å²) >= 11 is 6.06. The summed E-state index contributed by atoms with van der Waals surface area (Å²) in [7, 11) is 1.44. The second kappa shape index (κ2) is 7.60. The highest BCUT2D eigenvalue weighted by molar-refractivity contribution is 6.30. The Morgan fingerprint density at radius 1 is 1.17 bits per heavy atom. The van der Waals surface area contributed by atoms with Gasteiger partial charge in [-0.15, -0.1) is 0 Å². The van der Waals surface area contributed by atoms with Crippen molar-refractivity contribution in [2.45, 2.75) is 0 Å². The molecular weight excluding hydrogens is 398 g/mol. The number of halogens is 1. The SMILES string of the molecule is COc1cccc(C(=NN)c2nc3nonc3nc2Nc2cccc(Cl)c2)c1O. The van der Waals surface area contributed by atoms with E-state index in [1.807, 2.05) is 0 Å². The Kier molecular flexibility index (Phi) is 4.83. The first-order chi connectivity index (χ1) is 14.1. The number of benzene rings is 2. The number of hydrogen-bond donors (Lipinski definition) is 3. The zero-order valence-corrected chi connectivity index (χ0v) is 15.8. The van der Waals surface area contributed by atoms with Gasteiger partial charge in [0.2, 0.25) is 11.3 Å². The van der Waals surface area contributed by atoms with Crippen molar-refractivity contribution in [2.24, 2.45) is 10.9 Å². The molecule has 11 heteroatoms. The smallest absolute Gasteiger partial charge is 0.245 e. The van der Waals surface area contributed by atoms with E-state index < -0.39 is 0 Å². The third-order valence-electron chi connectivity index (χ3n) is 4.03. The highest BCUT2D eigenvalue weighted by Gasteiger charge is 2.22. The van der Waals surface area contributed by atoms with Gasteiger partial charge in [0.05, 0.1) is 12.7 Å². The molecule has 2 aromatic carbocycles. The highest BCUT2D eigenvalue weighted by atomic mass is 35.5. The molecule has 0 radical (unpaired) electrons. The lowest BCUT2D eigenvalue weighted by molar-refractivity contribution is 0.314. The Morgan fingerprint density at radius 2 is 1.93 bits per heavy atom. The van der Waals surface area contributed by atoms with Gasteiger partial charge in [-0.2, -0.15) is 5.10 Å². The molecule has 10 nitrogen and oxygen atoms in total. The first-order valence-corrected chi connectivity index (χ1v) is 8.66. The van der Waals surface area contributed by atoms with Gasteiger partial charge in [0.25, 0.3) is 0 Å². The monoisotopic (exact) mass is 411 g/mol. The van der Waals surface area contributed by atoms with Gasteiger partial charge in [0.1, 0.15) is 11.4 Å². The number of nitrogens with one attached hydrogen (secondary N) is 1. The zero-order valence-electron chi connectivity index (χ0n) is 15.0. The minimum Gasteiger partial charge on any atom is -0.504 e. The average molecular weight is 412 g/mol. The minimum absolute atomic E-state index is 0.145. The Hall–Kier alpha value is -3.92.